The fourth-order valence-corrected chi connectivity index (χ4v) is 3.23. The molecule has 0 aliphatic carbocycles. The van der Waals surface area contributed by atoms with Crippen LogP contribution in [0.25, 0.3) is 0 Å². The minimum absolute atomic E-state index is 0.746. The smallest absolute Gasteiger partial charge is 0.0429 e. The third kappa shape index (κ3) is 1.28. The van der Waals surface area contributed by atoms with Crippen LogP contribution in [0.2, 0.25) is 0 Å². The van der Waals surface area contributed by atoms with Crippen molar-refractivity contribution in [1.82, 2.24) is 5.32 Å². The molecule has 1 fully saturated rings. The number of aryl methyl sites for hydroxylation is 1. The Kier molecular flexibility index (Phi) is 1.99. The second-order valence-electron chi connectivity index (χ2n) is 4.92. The molecule has 15 heavy (non-hydrogen) atoms. The highest BCUT2D eigenvalue weighted by molar-refractivity contribution is 5.62. The predicted octanol–water partition coefficient (Wildman–Crippen LogP) is 1.75. The molecule has 2 heteroatoms. The summed E-state index contributed by atoms with van der Waals surface area (Å²) in [5, 5.41) is 3.52. The molecule has 80 valence electrons. The Hall–Kier alpha value is -1.02. The van der Waals surface area contributed by atoms with E-state index in [1.807, 2.05) is 0 Å². The van der Waals surface area contributed by atoms with E-state index in [0.29, 0.717) is 0 Å². The van der Waals surface area contributed by atoms with Crippen LogP contribution in [-0.4, -0.2) is 26.7 Å². The number of benzene rings is 1. The fraction of sp³-hybridized carbons (Fsp3) is 0.538. The molecule has 0 radical (unpaired) electrons. The van der Waals surface area contributed by atoms with Gasteiger partial charge in [0.25, 0.3) is 0 Å². The van der Waals surface area contributed by atoms with E-state index in [1.165, 1.54) is 24.3 Å². The summed E-state index contributed by atoms with van der Waals surface area (Å²) in [6, 6.07) is 6.73. The second kappa shape index (κ2) is 3.24. The van der Waals surface area contributed by atoms with Gasteiger partial charge in [-0.2, -0.15) is 0 Å². The number of para-hydroxylation sites is 1. The van der Waals surface area contributed by atoms with Crippen LogP contribution < -0.4 is 10.2 Å². The van der Waals surface area contributed by atoms with Crippen LogP contribution in [0.15, 0.2) is 18.2 Å². The summed E-state index contributed by atoms with van der Waals surface area (Å²) in [4.78, 5) is 2.43. The van der Waals surface area contributed by atoms with Gasteiger partial charge in [-0.3, -0.25) is 0 Å². The van der Waals surface area contributed by atoms with Gasteiger partial charge in [0, 0.05) is 38.3 Å². The van der Waals surface area contributed by atoms with E-state index in [9.17, 15) is 0 Å². The Labute approximate surface area is 91.3 Å². The number of hydrogen-bond acceptors (Lipinski definition) is 2. The highest BCUT2D eigenvalue weighted by atomic mass is 15.1. The van der Waals surface area contributed by atoms with Gasteiger partial charge in [-0.1, -0.05) is 18.2 Å². The third-order valence-electron chi connectivity index (χ3n) is 3.90. The van der Waals surface area contributed by atoms with Gasteiger partial charge in [0.2, 0.25) is 0 Å². The molecule has 0 aromatic heterocycles. The second-order valence-corrected chi connectivity index (χ2v) is 4.92. The van der Waals surface area contributed by atoms with Gasteiger partial charge < -0.3 is 10.2 Å². The van der Waals surface area contributed by atoms with Crippen molar-refractivity contribution in [3.63, 3.8) is 0 Å². The van der Waals surface area contributed by atoms with Gasteiger partial charge in [-0.05, 0) is 24.0 Å². The van der Waals surface area contributed by atoms with Crippen molar-refractivity contribution in [3.8, 4) is 0 Å². The summed E-state index contributed by atoms with van der Waals surface area (Å²) in [6.45, 7) is 5.77. The van der Waals surface area contributed by atoms with E-state index in [4.69, 9.17) is 0 Å². The van der Waals surface area contributed by atoms with Crippen LogP contribution in [0.1, 0.15) is 17.0 Å². The van der Waals surface area contributed by atoms with Crippen molar-refractivity contribution in [2.45, 2.75) is 12.8 Å². The van der Waals surface area contributed by atoms with Crippen LogP contribution in [0.4, 0.5) is 5.69 Å². The van der Waals surface area contributed by atoms with Crippen LogP contribution in [-0.2, 0) is 0 Å². The predicted molar refractivity (Wildman–Crippen MR) is 63.5 cm³/mol. The normalized spacial score (nSPS) is 28.8. The molecule has 2 heterocycles. The largest absolute Gasteiger partial charge is 0.374 e. The summed E-state index contributed by atoms with van der Waals surface area (Å²) in [6.07, 6.45) is 0. The number of hydrogen-bond donors (Lipinski definition) is 1. The Bertz CT molecular complexity index is 386. The first-order chi connectivity index (χ1) is 7.27. The molecule has 2 atom stereocenters. The average molecular weight is 202 g/mol. The van der Waals surface area contributed by atoms with Crippen LogP contribution in [0.3, 0.4) is 0 Å². The number of nitrogens with one attached hydrogen (secondary N) is 1. The molecule has 1 saturated heterocycles. The topological polar surface area (TPSA) is 15.3 Å². The summed E-state index contributed by atoms with van der Waals surface area (Å²) in [7, 11) is 2.22. The molecule has 0 bridgehead atoms. The van der Waals surface area contributed by atoms with Gasteiger partial charge in [0.05, 0.1) is 0 Å². The number of anilines is 1. The fourth-order valence-electron chi connectivity index (χ4n) is 3.23. The quantitative estimate of drug-likeness (QED) is 0.689. The van der Waals surface area contributed by atoms with Crippen LogP contribution >= 0.6 is 0 Å². The van der Waals surface area contributed by atoms with Crippen molar-refractivity contribution in [3.05, 3.63) is 29.3 Å². The van der Waals surface area contributed by atoms with Gasteiger partial charge >= 0.3 is 0 Å². The molecule has 2 nitrogen and oxygen atoms in total. The lowest BCUT2D eigenvalue weighted by Gasteiger charge is -2.36. The maximum absolute atomic E-state index is 3.52. The Balaban J connectivity index is 2.14. The minimum Gasteiger partial charge on any atom is -0.374 e. The first-order valence-electron chi connectivity index (χ1n) is 5.78. The number of nitrogens with zero attached hydrogens (tertiary/aromatic N) is 1. The molecule has 0 spiro atoms. The molecule has 1 aromatic carbocycles. The van der Waals surface area contributed by atoms with E-state index < -0.39 is 0 Å². The lowest BCUT2D eigenvalue weighted by molar-refractivity contribution is 0.495. The third-order valence-corrected chi connectivity index (χ3v) is 3.90. The monoisotopic (exact) mass is 202 g/mol. The maximum atomic E-state index is 3.52. The highest BCUT2D eigenvalue weighted by Crippen LogP contribution is 2.41. The Morgan fingerprint density at radius 3 is 3.07 bits per heavy atom. The molecule has 1 aromatic rings. The Morgan fingerprint density at radius 2 is 2.20 bits per heavy atom. The van der Waals surface area contributed by atoms with Crippen molar-refractivity contribution in [2.75, 3.05) is 31.6 Å². The summed E-state index contributed by atoms with van der Waals surface area (Å²) < 4.78 is 0. The first-order valence-corrected chi connectivity index (χ1v) is 5.78. The lowest BCUT2D eigenvalue weighted by atomic mass is 9.83. The standard InChI is InChI=1S/C13H18N2/c1-9-4-3-5-11-12-7-14-6-10(12)8-15(2)13(9)11/h3-5,10,12,14H,6-8H2,1-2H3. The van der Waals surface area contributed by atoms with E-state index in [1.54, 1.807) is 5.56 Å². The number of rotatable bonds is 0. The van der Waals surface area contributed by atoms with Crippen molar-refractivity contribution < 1.29 is 0 Å². The van der Waals surface area contributed by atoms with E-state index in [-0.39, 0.29) is 0 Å². The lowest BCUT2D eigenvalue weighted by Crippen LogP contribution is -2.35. The SMILES string of the molecule is Cc1cccc2c1N(C)CC1CNCC21. The molecule has 3 rings (SSSR count). The van der Waals surface area contributed by atoms with Gasteiger partial charge in [0.1, 0.15) is 0 Å². The highest BCUT2D eigenvalue weighted by Gasteiger charge is 2.35. The van der Waals surface area contributed by atoms with Crippen LogP contribution in [0.5, 0.6) is 0 Å². The molecule has 0 saturated carbocycles. The summed E-state index contributed by atoms with van der Waals surface area (Å²) in [5.41, 5.74) is 4.45. The van der Waals surface area contributed by atoms with Gasteiger partial charge in [-0.25, -0.2) is 0 Å². The molecular formula is C13H18N2. The minimum atomic E-state index is 0.746. The summed E-state index contributed by atoms with van der Waals surface area (Å²) in [5.74, 6) is 1.56. The van der Waals surface area contributed by atoms with Crippen molar-refractivity contribution in [1.29, 1.82) is 0 Å². The zero-order valence-corrected chi connectivity index (χ0v) is 9.46. The molecule has 1 N–H and O–H groups in total. The molecule has 2 unspecified atom stereocenters. The maximum Gasteiger partial charge on any atom is 0.0429 e. The molecule has 2 aliphatic rings. The molecule has 0 amide bonds. The zero-order valence-electron chi connectivity index (χ0n) is 9.46. The van der Waals surface area contributed by atoms with E-state index in [2.05, 4.69) is 42.4 Å². The van der Waals surface area contributed by atoms with Crippen molar-refractivity contribution in [2.24, 2.45) is 5.92 Å². The molecule has 2 aliphatic heterocycles. The zero-order chi connectivity index (χ0) is 10.4. The Morgan fingerprint density at radius 1 is 1.33 bits per heavy atom. The average Bonchev–Trinajstić information content (AvgIpc) is 2.65. The molecular weight excluding hydrogens is 184 g/mol. The summed E-state index contributed by atoms with van der Waals surface area (Å²) >= 11 is 0. The van der Waals surface area contributed by atoms with E-state index in [0.717, 1.165) is 18.4 Å². The van der Waals surface area contributed by atoms with Crippen molar-refractivity contribution >= 4 is 5.69 Å². The van der Waals surface area contributed by atoms with Gasteiger partial charge in [-0.15, -0.1) is 0 Å². The van der Waals surface area contributed by atoms with E-state index >= 15 is 0 Å². The van der Waals surface area contributed by atoms with Crippen LogP contribution in [0, 0.1) is 12.8 Å². The van der Waals surface area contributed by atoms with Gasteiger partial charge in [0.15, 0.2) is 0 Å². The first kappa shape index (κ1) is 9.22. The number of fused-ring (bicyclic) bond motifs is 3.